The quantitative estimate of drug-likeness (QED) is 0.837. The molecule has 118 valence electrons. The van der Waals surface area contributed by atoms with Gasteiger partial charge < -0.3 is 14.8 Å². The number of aryl methyl sites for hydroxylation is 1. The third-order valence-electron chi connectivity index (χ3n) is 4.30. The van der Waals surface area contributed by atoms with Crippen LogP contribution in [0.4, 0.5) is 0 Å². The molecule has 1 aromatic rings. The summed E-state index contributed by atoms with van der Waals surface area (Å²) in [4.78, 5) is 2.56. The Morgan fingerprint density at radius 3 is 2.76 bits per heavy atom. The number of methoxy groups -OCH3 is 2. The molecule has 0 aliphatic carbocycles. The van der Waals surface area contributed by atoms with Gasteiger partial charge in [-0.1, -0.05) is 13.0 Å². The maximum atomic E-state index is 5.51. The molecule has 1 aromatic carbocycles. The van der Waals surface area contributed by atoms with Crippen LogP contribution in [0.5, 0.6) is 11.5 Å². The van der Waals surface area contributed by atoms with E-state index in [-0.39, 0.29) is 0 Å². The first kappa shape index (κ1) is 16.1. The highest BCUT2D eigenvalue weighted by Gasteiger charge is 2.22. The lowest BCUT2D eigenvalue weighted by Crippen LogP contribution is -2.37. The van der Waals surface area contributed by atoms with Crippen molar-refractivity contribution < 1.29 is 9.47 Å². The molecule has 4 heteroatoms. The molecule has 0 radical (unpaired) electrons. The van der Waals surface area contributed by atoms with Crippen LogP contribution >= 0.6 is 0 Å². The van der Waals surface area contributed by atoms with Crippen molar-refractivity contribution in [1.82, 2.24) is 10.2 Å². The summed E-state index contributed by atoms with van der Waals surface area (Å²) >= 11 is 0. The van der Waals surface area contributed by atoms with Gasteiger partial charge in [0.05, 0.1) is 14.2 Å². The monoisotopic (exact) mass is 292 g/mol. The molecule has 1 N–H and O–H groups in total. The lowest BCUT2D eigenvalue weighted by molar-refractivity contribution is 0.259. The number of likely N-dealkylation sites (N-methyl/N-ethyl adjacent to an activating group) is 1. The number of hydrogen-bond donors (Lipinski definition) is 1. The average Bonchev–Trinajstić information content (AvgIpc) is 2.94. The highest BCUT2D eigenvalue weighted by Crippen LogP contribution is 2.32. The summed E-state index contributed by atoms with van der Waals surface area (Å²) in [7, 11) is 3.39. The van der Waals surface area contributed by atoms with Gasteiger partial charge in [0.25, 0.3) is 0 Å². The summed E-state index contributed by atoms with van der Waals surface area (Å²) in [5.74, 6) is 1.65. The molecule has 1 aliphatic rings. The van der Waals surface area contributed by atoms with Crippen LogP contribution in [-0.4, -0.2) is 44.8 Å². The predicted octanol–water partition coefficient (Wildman–Crippen LogP) is 2.59. The normalized spacial score (nSPS) is 19.0. The molecule has 0 spiro atoms. The molecule has 0 aromatic heterocycles. The standard InChI is InChI=1S/C17H28N2O2/c1-5-19-8-6-7-15(19)12-18-11-14-9-13(2)10-16(20-3)17(14)21-4/h9-10,15,18H,5-8,11-12H2,1-4H3. The lowest BCUT2D eigenvalue weighted by Gasteiger charge is -2.23. The van der Waals surface area contributed by atoms with Gasteiger partial charge in [-0.15, -0.1) is 0 Å². The Hall–Kier alpha value is -1.26. The Kier molecular flexibility index (Phi) is 5.88. The molecule has 0 bridgehead atoms. The van der Waals surface area contributed by atoms with Gasteiger partial charge in [-0.2, -0.15) is 0 Å². The fourth-order valence-corrected chi connectivity index (χ4v) is 3.24. The second kappa shape index (κ2) is 7.66. The summed E-state index contributed by atoms with van der Waals surface area (Å²) in [6, 6.07) is 4.85. The van der Waals surface area contributed by atoms with Crippen LogP contribution in [0.25, 0.3) is 0 Å². The van der Waals surface area contributed by atoms with E-state index < -0.39 is 0 Å². The molecule has 2 rings (SSSR count). The molecule has 1 atom stereocenters. The van der Waals surface area contributed by atoms with Gasteiger partial charge in [0.2, 0.25) is 0 Å². The lowest BCUT2D eigenvalue weighted by atomic mass is 10.1. The van der Waals surface area contributed by atoms with Gasteiger partial charge in [-0.05, 0) is 44.5 Å². The number of ether oxygens (including phenoxy) is 2. The van der Waals surface area contributed by atoms with Crippen LogP contribution in [0.1, 0.15) is 30.9 Å². The Morgan fingerprint density at radius 1 is 1.29 bits per heavy atom. The van der Waals surface area contributed by atoms with Crippen molar-refractivity contribution in [2.45, 2.75) is 39.3 Å². The Balaban J connectivity index is 1.98. The summed E-state index contributed by atoms with van der Waals surface area (Å²) < 4.78 is 10.9. The number of nitrogens with one attached hydrogen (secondary N) is 1. The van der Waals surface area contributed by atoms with Gasteiger partial charge >= 0.3 is 0 Å². The van der Waals surface area contributed by atoms with Crippen LogP contribution in [0.3, 0.4) is 0 Å². The second-order valence-corrected chi connectivity index (χ2v) is 5.72. The van der Waals surface area contributed by atoms with Crippen molar-refractivity contribution in [3.63, 3.8) is 0 Å². The summed E-state index contributed by atoms with van der Waals surface area (Å²) in [5.41, 5.74) is 2.36. The van der Waals surface area contributed by atoms with Gasteiger partial charge in [-0.25, -0.2) is 0 Å². The number of rotatable bonds is 7. The summed E-state index contributed by atoms with van der Waals surface area (Å²) in [5, 5.41) is 3.58. The number of nitrogens with zero attached hydrogens (tertiary/aromatic N) is 1. The van der Waals surface area contributed by atoms with E-state index in [9.17, 15) is 0 Å². The van der Waals surface area contributed by atoms with E-state index in [0.29, 0.717) is 6.04 Å². The molecule has 1 fully saturated rings. The van der Waals surface area contributed by atoms with Crippen molar-refractivity contribution in [2.24, 2.45) is 0 Å². The maximum absolute atomic E-state index is 5.51. The van der Waals surface area contributed by atoms with Crippen molar-refractivity contribution in [3.8, 4) is 11.5 Å². The SMILES string of the molecule is CCN1CCCC1CNCc1cc(C)cc(OC)c1OC. The zero-order valence-corrected chi connectivity index (χ0v) is 13.7. The molecular weight excluding hydrogens is 264 g/mol. The Labute approximate surface area is 128 Å². The average molecular weight is 292 g/mol. The van der Waals surface area contributed by atoms with E-state index in [2.05, 4.69) is 30.1 Å². The van der Waals surface area contributed by atoms with Gasteiger partial charge in [0.1, 0.15) is 0 Å². The fraction of sp³-hybridized carbons (Fsp3) is 0.647. The minimum Gasteiger partial charge on any atom is -0.493 e. The van der Waals surface area contributed by atoms with Crippen molar-refractivity contribution in [3.05, 3.63) is 23.3 Å². The molecule has 0 amide bonds. The molecule has 21 heavy (non-hydrogen) atoms. The summed E-state index contributed by atoms with van der Waals surface area (Å²) in [6.45, 7) is 8.56. The van der Waals surface area contributed by atoms with E-state index in [1.165, 1.54) is 24.9 Å². The predicted molar refractivity (Wildman–Crippen MR) is 86.3 cm³/mol. The number of benzene rings is 1. The van der Waals surface area contributed by atoms with E-state index >= 15 is 0 Å². The summed E-state index contributed by atoms with van der Waals surface area (Å²) in [6.07, 6.45) is 2.62. The minimum atomic E-state index is 0.674. The fourth-order valence-electron chi connectivity index (χ4n) is 3.24. The first-order valence-electron chi connectivity index (χ1n) is 7.85. The second-order valence-electron chi connectivity index (χ2n) is 5.72. The van der Waals surface area contributed by atoms with Crippen LogP contribution in [-0.2, 0) is 6.54 Å². The van der Waals surface area contributed by atoms with Gasteiger partial charge in [-0.3, -0.25) is 4.90 Å². The molecule has 1 unspecified atom stereocenters. The first-order valence-corrected chi connectivity index (χ1v) is 7.85. The Morgan fingerprint density at radius 2 is 2.10 bits per heavy atom. The van der Waals surface area contributed by atoms with Crippen molar-refractivity contribution >= 4 is 0 Å². The zero-order chi connectivity index (χ0) is 15.2. The molecular formula is C17H28N2O2. The van der Waals surface area contributed by atoms with Crippen LogP contribution in [0, 0.1) is 6.92 Å². The van der Waals surface area contributed by atoms with E-state index in [0.717, 1.165) is 36.7 Å². The third kappa shape index (κ3) is 3.89. The van der Waals surface area contributed by atoms with Crippen molar-refractivity contribution in [1.29, 1.82) is 0 Å². The highest BCUT2D eigenvalue weighted by molar-refractivity contribution is 5.49. The van der Waals surface area contributed by atoms with Crippen molar-refractivity contribution in [2.75, 3.05) is 33.9 Å². The largest absolute Gasteiger partial charge is 0.493 e. The van der Waals surface area contributed by atoms with Gasteiger partial charge in [0.15, 0.2) is 11.5 Å². The molecule has 1 heterocycles. The number of hydrogen-bond acceptors (Lipinski definition) is 4. The maximum Gasteiger partial charge on any atom is 0.165 e. The smallest absolute Gasteiger partial charge is 0.165 e. The first-order chi connectivity index (χ1) is 10.2. The molecule has 4 nitrogen and oxygen atoms in total. The molecule has 0 saturated carbocycles. The molecule has 1 aliphatic heterocycles. The number of likely N-dealkylation sites (tertiary alicyclic amines) is 1. The third-order valence-corrected chi connectivity index (χ3v) is 4.30. The molecule has 1 saturated heterocycles. The highest BCUT2D eigenvalue weighted by atomic mass is 16.5. The van der Waals surface area contributed by atoms with Crippen LogP contribution in [0.15, 0.2) is 12.1 Å². The van der Waals surface area contributed by atoms with E-state index in [4.69, 9.17) is 9.47 Å². The Bertz CT molecular complexity index is 462. The topological polar surface area (TPSA) is 33.7 Å². The van der Waals surface area contributed by atoms with Crippen LogP contribution < -0.4 is 14.8 Å². The minimum absolute atomic E-state index is 0.674. The van der Waals surface area contributed by atoms with Gasteiger partial charge in [0, 0.05) is 24.7 Å². The van der Waals surface area contributed by atoms with E-state index in [1.807, 2.05) is 6.07 Å². The zero-order valence-electron chi connectivity index (χ0n) is 13.7. The van der Waals surface area contributed by atoms with Crippen LogP contribution in [0.2, 0.25) is 0 Å². The van der Waals surface area contributed by atoms with E-state index in [1.54, 1.807) is 14.2 Å².